The van der Waals surface area contributed by atoms with Gasteiger partial charge in [-0.2, -0.15) is 11.8 Å². The number of fused-ring (bicyclic) bond motifs is 1. The van der Waals surface area contributed by atoms with Crippen molar-refractivity contribution in [2.75, 3.05) is 12.3 Å². The molecule has 1 aromatic heterocycles. The van der Waals surface area contributed by atoms with Gasteiger partial charge < -0.3 is 5.32 Å². The summed E-state index contributed by atoms with van der Waals surface area (Å²) >= 11 is 1.91. The Balaban J connectivity index is 1.93. The Hall–Kier alpha value is -0.610. The van der Waals surface area contributed by atoms with Gasteiger partial charge >= 0.3 is 0 Å². The molecule has 2 aliphatic rings. The maximum atomic E-state index is 4.81. The lowest BCUT2D eigenvalue weighted by Crippen LogP contribution is -2.27. The van der Waals surface area contributed by atoms with E-state index in [1.807, 2.05) is 11.8 Å². The SMILES string of the molecule is CCSCc1nc2c(c(C3CC3)n1)CNCC2. The Bertz CT molecular complexity index is 415. The van der Waals surface area contributed by atoms with Gasteiger partial charge in [-0.1, -0.05) is 6.92 Å². The molecule has 4 heteroatoms. The molecule has 2 heterocycles. The number of hydrogen-bond acceptors (Lipinski definition) is 4. The van der Waals surface area contributed by atoms with E-state index in [-0.39, 0.29) is 0 Å². The fourth-order valence-corrected chi connectivity index (χ4v) is 2.89. The highest BCUT2D eigenvalue weighted by Gasteiger charge is 2.30. The summed E-state index contributed by atoms with van der Waals surface area (Å²) in [6.07, 6.45) is 3.72. The molecule has 0 aromatic carbocycles. The van der Waals surface area contributed by atoms with Crippen molar-refractivity contribution in [2.24, 2.45) is 0 Å². The number of thioether (sulfide) groups is 1. The summed E-state index contributed by atoms with van der Waals surface area (Å²) in [5, 5.41) is 3.44. The van der Waals surface area contributed by atoms with Crippen LogP contribution in [0.25, 0.3) is 0 Å². The first-order valence-electron chi connectivity index (χ1n) is 6.55. The highest BCUT2D eigenvalue weighted by molar-refractivity contribution is 7.98. The van der Waals surface area contributed by atoms with Crippen LogP contribution >= 0.6 is 11.8 Å². The van der Waals surface area contributed by atoms with Gasteiger partial charge in [-0.15, -0.1) is 0 Å². The van der Waals surface area contributed by atoms with Crippen molar-refractivity contribution in [3.63, 3.8) is 0 Å². The largest absolute Gasteiger partial charge is 0.312 e. The molecule has 0 unspecified atom stereocenters. The molecule has 17 heavy (non-hydrogen) atoms. The molecule has 92 valence electrons. The second-order valence-corrected chi connectivity index (χ2v) is 6.06. The van der Waals surface area contributed by atoms with E-state index in [1.165, 1.54) is 29.8 Å². The molecule has 0 spiro atoms. The van der Waals surface area contributed by atoms with Gasteiger partial charge in [-0.25, -0.2) is 9.97 Å². The van der Waals surface area contributed by atoms with Gasteiger partial charge in [0.05, 0.1) is 17.1 Å². The maximum Gasteiger partial charge on any atom is 0.138 e. The molecule has 1 aromatic rings. The Labute approximate surface area is 107 Å². The van der Waals surface area contributed by atoms with E-state index < -0.39 is 0 Å². The molecule has 0 atom stereocenters. The zero-order valence-corrected chi connectivity index (χ0v) is 11.1. The third-order valence-electron chi connectivity index (χ3n) is 3.41. The lowest BCUT2D eigenvalue weighted by Gasteiger charge is -2.20. The van der Waals surface area contributed by atoms with Crippen LogP contribution in [-0.2, 0) is 18.7 Å². The first-order valence-corrected chi connectivity index (χ1v) is 7.71. The smallest absolute Gasteiger partial charge is 0.138 e. The Morgan fingerprint density at radius 2 is 2.24 bits per heavy atom. The Morgan fingerprint density at radius 1 is 1.35 bits per heavy atom. The molecule has 0 bridgehead atoms. The monoisotopic (exact) mass is 249 g/mol. The molecule has 3 rings (SSSR count). The zero-order valence-electron chi connectivity index (χ0n) is 10.3. The normalized spacial score (nSPS) is 19.1. The van der Waals surface area contributed by atoms with E-state index in [0.29, 0.717) is 0 Å². The first-order chi connectivity index (χ1) is 8.38. The molecule has 1 aliphatic carbocycles. The summed E-state index contributed by atoms with van der Waals surface area (Å²) in [5.41, 5.74) is 4.07. The molecule has 3 nitrogen and oxygen atoms in total. The van der Waals surface area contributed by atoms with Crippen molar-refractivity contribution in [2.45, 2.75) is 44.4 Å². The van der Waals surface area contributed by atoms with Gasteiger partial charge in [-0.05, 0) is 18.6 Å². The van der Waals surface area contributed by atoms with Crippen molar-refractivity contribution in [3.05, 3.63) is 22.8 Å². The van der Waals surface area contributed by atoms with E-state index in [4.69, 9.17) is 9.97 Å². The van der Waals surface area contributed by atoms with Crippen molar-refractivity contribution < 1.29 is 0 Å². The van der Waals surface area contributed by atoms with Crippen molar-refractivity contribution in [1.29, 1.82) is 0 Å². The average Bonchev–Trinajstić information content (AvgIpc) is 3.19. The standard InChI is InChI=1S/C13H19N3S/c1-2-17-8-12-15-11-5-6-14-7-10(11)13(16-12)9-3-4-9/h9,14H,2-8H2,1H3. The van der Waals surface area contributed by atoms with Crippen molar-refractivity contribution >= 4 is 11.8 Å². The minimum atomic E-state index is 0.733. The summed E-state index contributed by atoms with van der Waals surface area (Å²) in [6, 6.07) is 0. The number of aromatic nitrogens is 2. The van der Waals surface area contributed by atoms with E-state index in [9.17, 15) is 0 Å². The number of hydrogen-bond donors (Lipinski definition) is 1. The van der Waals surface area contributed by atoms with Crippen LogP contribution in [0.1, 0.15) is 48.5 Å². The first kappa shape index (κ1) is 11.5. The van der Waals surface area contributed by atoms with E-state index in [2.05, 4.69) is 12.2 Å². The molecule has 1 aliphatic heterocycles. The van der Waals surface area contributed by atoms with Gasteiger partial charge in [0.2, 0.25) is 0 Å². The van der Waals surface area contributed by atoms with Crippen LogP contribution in [0, 0.1) is 0 Å². The molecular weight excluding hydrogens is 230 g/mol. The number of rotatable bonds is 4. The summed E-state index contributed by atoms with van der Waals surface area (Å²) < 4.78 is 0. The Morgan fingerprint density at radius 3 is 3.00 bits per heavy atom. The van der Waals surface area contributed by atoms with Gasteiger partial charge in [-0.3, -0.25) is 0 Å². The van der Waals surface area contributed by atoms with Crippen LogP contribution in [0.4, 0.5) is 0 Å². The summed E-state index contributed by atoms with van der Waals surface area (Å²) in [5.74, 6) is 3.90. The van der Waals surface area contributed by atoms with Crippen LogP contribution < -0.4 is 5.32 Å². The molecule has 1 saturated carbocycles. The van der Waals surface area contributed by atoms with Gasteiger partial charge in [0, 0.05) is 31.0 Å². The highest BCUT2D eigenvalue weighted by atomic mass is 32.2. The van der Waals surface area contributed by atoms with Gasteiger partial charge in [0.1, 0.15) is 5.82 Å². The molecular formula is C13H19N3S. The second kappa shape index (κ2) is 4.94. The maximum absolute atomic E-state index is 4.81. The van der Waals surface area contributed by atoms with E-state index >= 15 is 0 Å². The van der Waals surface area contributed by atoms with Crippen LogP contribution in [0.2, 0.25) is 0 Å². The number of nitrogens with zero attached hydrogens (tertiary/aromatic N) is 2. The van der Waals surface area contributed by atoms with Gasteiger partial charge in [0.15, 0.2) is 0 Å². The fourth-order valence-electron chi connectivity index (χ4n) is 2.37. The van der Waals surface area contributed by atoms with Crippen LogP contribution in [0.3, 0.4) is 0 Å². The van der Waals surface area contributed by atoms with Crippen molar-refractivity contribution in [1.82, 2.24) is 15.3 Å². The zero-order chi connectivity index (χ0) is 11.7. The lowest BCUT2D eigenvalue weighted by atomic mass is 10.0. The second-order valence-electron chi connectivity index (χ2n) is 4.79. The average molecular weight is 249 g/mol. The van der Waals surface area contributed by atoms with Crippen LogP contribution in [-0.4, -0.2) is 22.3 Å². The summed E-state index contributed by atoms with van der Waals surface area (Å²) in [6.45, 7) is 4.23. The predicted molar refractivity (Wildman–Crippen MR) is 71.3 cm³/mol. The van der Waals surface area contributed by atoms with Crippen LogP contribution in [0.5, 0.6) is 0 Å². The van der Waals surface area contributed by atoms with E-state index in [0.717, 1.165) is 42.8 Å². The Kier molecular flexibility index (Phi) is 3.34. The third kappa shape index (κ3) is 2.47. The quantitative estimate of drug-likeness (QED) is 0.888. The third-order valence-corrected chi connectivity index (χ3v) is 4.28. The molecule has 0 saturated heterocycles. The molecule has 0 amide bonds. The lowest BCUT2D eigenvalue weighted by molar-refractivity contribution is 0.612. The molecule has 1 fully saturated rings. The minimum Gasteiger partial charge on any atom is -0.312 e. The highest BCUT2D eigenvalue weighted by Crippen LogP contribution is 2.41. The summed E-state index contributed by atoms with van der Waals surface area (Å²) in [4.78, 5) is 9.56. The minimum absolute atomic E-state index is 0.733. The summed E-state index contributed by atoms with van der Waals surface area (Å²) in [7, 11) is 0. The fraction of sp³-hybridized carbons (Fsp3) is 0.692. The predicted octanol–water partition coefficient (Wildman–Crippen LogP) is 2.25. The van der Waals surface area contributed by atoms with Crippen molar-refractivity contribution in [3.8, 4) is 0 Å². The van der Waals surface area contributed by atoms with E-state index in [1.54, 1.807) is 0 Å². The molecule has 1 N–H and O–H groups in total. The van der Waals surface area contributed by atoms with Crippen LogP contribution in [0.15, 0.2) is 0 Å². The topological polar surface area (TPSA) is 37.8 Å². The van der Waals surface area contributed by atoms with Gasteiger partial charge in [0.25, 0.3) is 0 Å². The molecule has 0 radical (unpaired) electrons. The number of nitrogens with one attached hydrogen (secondary N) is 1.